The second kappa shape index (κ2) is 5.57. The van der Waals surface area contributed by atoms with Gasteiger partial charge in [-0.25, -0.2) is 0 Å². The van der Waals surface area contributed by atoms with Gasteiger partial charge in [-0.1, -0.05) is 6.08 Å². The van der Waals surface area contributed by atoms with Crippen LogP contribution in [0, 0.1) is 6.61 Å². The van der Waals surface area contributed by atoms with Gasteiger partial charge in [0.25, 0.3) is 10.1 Å². The van der Waals surface area contributed by atoms with Gasteiger partial charge in [-0.3, -0.25) is 4.18 Å². The molecule has 0 aliphatic rings. The first-order valence-electron chi connectivity index (χ1n) is 3.03. The van der Waals surface area contributed by atoms with Crippen molar-refractivity contribution < 1.29 is 12.6 Å². The summed E-state index contributed by atoms with van der Waals surface area (Å²) in [5.74, 6) is 0.261. The van der Waals surface area contributed by atoms with Crippen molar-refractivity contribution in [3.8, 4) is 0 Å². The van der Waals surface area contributed by atoms with E-state index < -0.39 is 10.1 Å². The summed E-state index contributed by atoms with van der Waals surface area (Å²) in [5.41, 5.74) is 0. The maximum atomic E-state index is 10.8. The Morgan fingerprint density at radius 3 is 2.64 bits per heavy atom. The predicted octanol–water partition coefficient (Wildman–Crippen LogP) is 1.31. The number of halogens is 1. The third kappa shape index (κ3) is 6.34. The molecule has 0 N–H and O–H groups in total. The maximum absolute atomic E-state index is 10.8. The van der Waals surface area contributed by atoms with E-state index in [0.29, 0.717) is 12.3 Å². The van der Waals surface area contributed by atoms with Crippen molar-refractivity contribution >= 4 is 21.7 Å². The standard InChI is InChI=1S/C6H10ClO3S/c1-2-5-10-11(8,9)6-3-4-7/h2,5H,1,3-4,6H2. The minimum absolute atomic E-state index is 0.0547. The highest BCUT2D eigenvalue weighted by molar-refractivity contribution is 7.86. The molecule has 0 aromatic heterocycles. The molecular weight excluding hydrogens is 188 g/mol. The van der Waals surface area contributed by atoms with Crippen molar-refractivity contribution in [1.82, 2.24) is 0 Å². The van der Waals surface area contributed by atoms with Crippen molar-refractivity contribution in [2.24, 2.45) is 0 Å². The minimum Gasteiger partial charge on any atom is -0.259 e. The lowest BCUT2D eigenvalue weighted by molar-refractivity contribution is 0.412. The zero-order valence-corrected chi connectivity index (χ0v) is 7.57. The van der Waals surface area contributed by atoms with E-state index in [0.717, 1.165) is 6.61 Å². The van der Waals surface area contributed by atoms with E-state index in [4.69, 9.17) is 11.6 Å². The Balaban J connectivity index is 3.71. The normalized spacial score (nSPS) is 11.4. The third-order valence-electron chi connectivity index (χ3n) is 0.826. The number of hydrogen-bond acceptors (Lipinski definition) is 3. The number of alkyl halides is 1. The third-order valence-corrected chi connectivity index (χ3v) is 2.29. The molecule has 0 aromatic carbocycles. The SMILES string of the molecule is C=C[CH]OS(=O)(=O)CCCCl. The van der Waals surface area contributed by atoms with E-state index in [1.165, 1.54) is 6.08 Å². The Hall–Kier alpha value is -0.0600. The molecule has 0 fully saturated rings. The minimum atomic E-state index is -3.42. The van der Waals surface area contributed by atoms with Gasteiger partial charge in [0.2, 0.25) is 0 Å². The van der Waals surface area contributed by atoms with Gasteiger partial charge in [-0.05, 0) is 6.42 Å². The fraction of sp³-hybridized carbons (Fsp3) is 0.500. The molecule has 0 saturated carbocycles. The lowest BCUT2D eigenvalue weighted by Gasteiger charge is -1.99. The fourth-order valence-electron chi connectivity index (χ4n) is 0.403. The molecule has 0 aliphatic carbocycles. The lowest BCUT2D eigenvalue weighted by atomic mass is 10.6. The zero-order valence-electron chi connectivity index (χ0n) is 5.99. The molecule has 0 saturated heterocycles. The fourth-order valence-corrected chi connectivity index (χ4v) is 1.54. The van der Waals surface area contributed by atoms with Crippen LogP contribution >= 0.6 is 11.6 Å². The molecule has 0 spiro atoms. The van der Waals surface area contributed by atoms with E-state index >= 15 is 0 Å². The van der Waals surface area contributed by atoms with E-state index in [-0.39, 0.29) is 5.75 Å². The summed E-state index contributed by atoms with van der Waals surface area (Å²) in [5, 5.41) is 0. The summed E-state index contributed by atoms with van der Waals surface area (Å²) >= 11 is 5.29. The van der Waals surface area contributed by atoms with E-state index in [1.54, 1.807) is 0 Å². The van der Waals surface area contributed by atoms with Crippen molar-refractivity contribution in [3.63, 3.8) is 0 Å². The van der Waals surface area contributed by atoms with Gasteiger partial charge < -0.3 is 0 Å². The first-order chi connectivity index (χ1) is 5.12. The van der Waals surface area contributed by atoms with Crippen LogP contribution in [-0.4, -0.2) is 20.1 Å². The monoisotopic (exact) mass is 197 g/mol. The van der Waals surface area contributed by atoms with Crippen molar-refractivity contribution in [2.45, 2.75) is 6.42 Å². The van der Waals surface area contributed by atoms with Crippen molar-refractivity contribution in [2.75, 3.05) is 11.6 Å². The Kier molecular flexibility index (Phi) is 5.54. The Morgan fingerprint density at radius 2 is 2.18 bits per heavy atom. The molecule has 0 rings (SSSR count). The average Bonchev–Trinajstić information content (AvgIpc) is 1.97. The Morgan fingerprint density at radius 1 is 1.55 bits per heavy atom. The molecule has 0 aromatic rings. The summed E-state index contributed by atoms with van der Waals surface area (Å²) in [6.45, 7) is 4.30. The topological polar surface area (TPSA) is 43.4 Å². The van der Waals surface area contributed by atoms with Crippen LogP contribution in [0.2, 0.25) is 0 Å². The number of rotatable bonds is 6. The summed E-state index contributed by atoms with van der Waals surface area (Å²) in [7, 11) is -3.42. The highest BCUT2D eigenvalue weighted by Crippen LogP contribution is 1.99. The quantitative estimate of drug-likeness (QED) is 0.476. The van der Waals surface area contributed by atoms with Crippen LogP contribution in [0.25, 0.3) is 0 Å². The highest BCUT2D eigenvalue weighted by Gasteiger charge is 2.08. The smallest absolute Gasteiger partial charge is 0.259 e. The summed E-state index contributed by atoms with van der Waals surface area (Å²) in [4.78, 5) is 0. The first-order valence-corrected chi connectivity index (χ1v) is 5.15. The molecule has 1 radical (unpaired) electrons. The Bertz CT molecular complexity index is 198. The van der Waals surface area contributed by atoms with Gasteiger partial charge in [0.1, 0.15) is 6.61 Å². The number of hydrogen-bond donors (Lipinski definition) is 0. The van der Waals surface area contributed by atoms with E-state index in [2.05, 4.69) is 10.8 Å². The van der Waals surface area contributed by atoms with Crippen LogP contribution in [0.15, 0.2) is 12.7 Å². The molecule has 3 nitrogen and oxygen atoms in total. The van der Waals surface area contributed by atoms with Gasteiger partial charge in [0.15, 0.2) is 0 Å². The van der Waals surface area contributed by atoms with Gasteiger partial charge in [0.05, 0.1) is 5.75 Å². The van der Waals surface area contributed by atoms with E-state index in [9.17, 15) is 8.42 Å². The van der Waals surface area contributed by atoms with Crippen LogP contribution < -0.4 is 0 Å². The predicted molar refractivity (Wildman–Crippen MR) is 44.7 cm³/mol. The molecule has 0 unspecified atom stereocenters. The maximum Gasteiger partial charge on any atom is 0.268 e. The van der Waals surface area contributed by atoms with Crippen LogP contribution in [0.1, 0.15) is 6.42 Å². The Labute approximate surface area is 72.1 Å². The largest absolute Gasteiger partial charge is 0.268 e. The molecule has 11 heavy (non-hydrogen) atoms. The summed E-state index contributed by atoms with van der Waals surface area (Å²) in [6.07, 6.45) is 1.66. The van der Waals surface area contributed by atoms with Gasteiger partial charge in [0, 0.05) is 5.88 Å². The lowest BCUT2D eigenvalue weighted by Crippen LogP contribution is -2.08. The van der Waals surface area contributed by atoms with Crippen molar-refractivity contribution in [3.05, 3.63) is 19.3 Å². The molecule has 0 atom stereocenters. The van der Waals surface area contributed by atoms with Crippen LogP contribution in [0.5, 0.6) is 0 Å². The van der Waals surface area contributed by atoms with E-state index in [1.807, 2.05) is 0 Å². The van der Waals surface area contributed by atoms with Crippen LogP contribution in [-0.2, 0) is 14.3 Å². The van der Waals surface area contributed by atoms with Crippen LogP contribution in [0.3, 0.4) is 0 Å². The molecule has 0 bridgehead atoms. The van der Waals surface area contributed by atoms with Crippen LogP contribution in [0.4, 0.5) is 0 Å². The molecule has 5 heteroatoms. The molecule has 65 valence electrons. The summed E-state index contributed by atoms with van der Waals surface area (Å²) < 4.78 is 25.9. The van der Waals surface area contributed by atoms with Crippen molar-refractivity contribution in [1.29, 1.82) is 0 Å². The van der Waals surface area contributed by atoms with Gasteiger partial charge in [-0.15, -0.1) is 18.2 Å². The second-order valence-corrected chi connectivity index (χ2v) is 3.87. The average molecular weight is 198 g/mol. The molecule has 0 amide bonds. The first kappa shape index (κ1) is 10.9. The molecule has 0 heterocycles. The van der Waals surface area contributed by atoms with Gasteiger partial charge in [-0.2, -0.15) is 8.42 Å². The van der Waals surface area contributed by atoms with Gasteiger partial charge >= 0.3 is 0 Å². The summed E-state index contributed by atoms with van der Waals surface area (Å²) in [6, 6.07) is 0. The molecular formula is C6H10ClO3S. The zero-order chi connectivity index (χ0) is 8.74. The highest BCUT2D eigenvalue weighted by atomic mass is 35.5. The molecule has 0 aliphatic heterocycles. The second-order valence-electron chi connectivity index (χ2n) is 1.77.